The number of methoxy groups -OCH3 is 1. The molecule has 29 heavy (non-hydrogen) atoms. The van der Waals surface area contributed by atoms with Gasteiger partial charge < -0.3 is 18.8 Å². The van der Waals surface area contributed by atoms with Gasteiger partial charge in [-0.2, -0.15) is 0 Å². The Balaban J connectivity index is 0.00000240. The molecule has 1 atom stereocenters. The quantitative estimate of drug-likeness (QED) is 0.661. The molecule has 8 heteroatoms. The molecule has 0 saturated heterocycles. The van der Waals surface area contributed by atoms with Gasteiger partial charge in [0.05, 0.1) is 13.2 Å². The van der Waals surface area contributed by atoms with E-state index in [2.05, 4.69) is 10.3 Å². The Bertz CT molecular complexity index is 945. The summed E-state index contributed by atoms with van der Waals surface area (Å²) < 4.78 is 32.2. The molecule has 6 nitrogen and oxygen atoms in total. The minimum absolute atomic E-state index is 0. The van der Waals surface area contributed by atoms with Crippen molar-refractivity contribution >= 4 is 12.4 Å². The second kappa shape index (κ2) is 9.15. The maximum Gasteiger partial charge on any atom is 0.203 e. The van der Waals surface area contributed by atoms with Crippen molar-refractivity contribution in [1.29, 1.82) is 0 Å². The molecule has 0 amide bonds. The van der Waals surface area contributed by atoms with Crippen molar-refractivity contribution < 1.29 is 18.6 Å². The third-order valence-electron chi connectivity index (χ3n) is 4.72. The van der Waals surface area contributed by atoms with E-state index in [0.29, 0.717) is 37.0 Å². The molecule has 0 spiro atoms. The van der Waals surface area contributed by atoms with Crippen LogP contribution in [0.25, 0.3) is 0 Å². The maximum atomic E-state index is 13.4. The standard InChI is InChI=1S/C21H22FN3O3.ClH/c1-25-8-7-23-21(25)19(15-3-5-16(22)6-4-15)24-13-14-11-17(26-2)20-18(12-14)27-9-10-28-20;/h3-8,11-12,19,24H,9-10,13H2,1-2H3;1H. The van der Waals surface area contributed by atoms with Crippen molar-refractivity contribution in [3.8, 4) is 17.2 Å². The molecule has 0 bridgehead atoms. The van der Waals surface area contributed by atoms with Crippen molar-refractivity contribution in [2.45, 2.75) is 12.6 Å². The summed E-state index contributed by atoms with van der Waals surface area (Å²) in [6, 6.07) is 10.1. The third-order valence-corrected chi connectivity index (χ3v) is 4.72. The van der Waals surface area contributed by atoms with Crippen molar-refractivity contribution in [3.63, 3.8) is 0 Å². The lowest BCUT2D eigenvalue weighted by Crippen LogP contribution is -2.25. The van der Waals surface area contributed by atoms with Crippen molar-refractivity contribution in [1.82, 2.24) is 14.9 Å². The van der Waals surface area contributed by atoms with Gasteiger partial charge in [-0.05, 0) is 35.4 Å². The van der Waals surface area contributed by atoms with Crippen LogP contribution in [0.4, 0.5) is 4.39 Å². The number of fused-ring (bicyclic) bond motifs is 1. The maximum absolute atomic E-state index is 13.4. The predicted molar refractivity (Wildman–Crippen MR) is 110 cm³/mol. The molecule has 3 aromatic rings. The second-order valence-corrected chi connectivity index (χ2v) is 6.58. The van der Waals surface area contributed by atoms with Gasteiger partial charge in [-0.1, -0.05) is 12.1 Å². The fraction of sp³-hybridized carbons (Fsp3) is 0.286. The molecule has 2 aromatic carbocycles. The van der Waals surface area contributed by atoms with Crippen LogP contribution in [-0.2, 0) is 13.6 Å². The zero-order valence-electron chi connectivity index (χ0n) is 16.2. The molecule has 0 radical (unpaired) electrons. The normalized spacial score (nSPS) is 13.5. The summed E-state index contributed by atoms with van der Waals surface area (Å²) in [5.41, 5.74) is 1.92. The van der Waals surface area contributed by atoms with Crippen LogP contribution in [0.15, 0.2) is 48.8 Å². The summed E-state index contributed by atoms with van der Waals surface area (Å²) in [4.78, 5) is 4.47. The number of nitrogens with zero attached hydrogens (tertiary/aromatic N) is 2. The topological polar surface area (TPSA) is 57.5 Å². The van der Waals surface area contributed by atoms with Crippen molar-refractivity contribution in [2.75, 3.05) is 20.3 Å². The van der Waals surface area contributed by atoms with Crippen LogP contribution < -0.4 is 19.5 Å². The van der Waals surface area contributed by atoms with Gasteiger partial charge >= 0.3 is 0 Å². The Morgan fingerprint density at radius 2 is 1.97 bits per heavy atom. The van der Waals surface area contributed by atoms with Crippen LogP contribution in [0, 0.1) is 5.82 Å². The smallest absolute Gasteiger partial charge is 0.203 e. The number of imidazole rings is 1. The van der Waals surface area contributed by atoms with Crippen LogP contribution in [0.3, 0.4) is 0 Å². The SMILES string of the molecule is COc1cc(CNC(c2ccc(F)cc2)c2nccn2C)cc2c1OCCO2.Cl. The highest BCUT2D eigenvalue weighted by atomic mass is 35.5. The summed E-state index contributed by atoms with van der Waals surface area (Å²) in [5.74, 6) is 2.54. The molecular formula is C21H23ClFN3O3. The Morgan fingerprint density at radius 3 is 2.66 bits per heavy atom. The molecule has 2 heterocycles. The van der Waals surface area contributed by atoms with Gasteiger partial charge in [-0.25, -0.2) is 9.37 Å². The monoisotopic (exact) mass is 419 g/mol. The third kappa shape index (κ3) is 4.46. The minimum Gasteiger partial charge on any atom is -0.493 e. The van der Waals surface area contributed by atoms with E-state index in [1.807, 2.05) is 29.9 Å². The highest BCUT2D eigenvalue weighted by Gasteiger charge is 2.21. The number of aromatic nitrogens is 2. The first kappa shape index (κ1) is 21.0. The van der Waals surface area contributed by atoms with Crippen LogP contribution in [0.1, 0.15) is 23.0 Å². The van der Waals surface area contributed by atoms with E-state index >= 15 is 0 Å². The lowest BCUT2D eigenvalue weighted by molar-refractivity contribution is 0.165. The minimum atomic E-state index is -0.265. The molecule has 0 aliphatic carbocycles. The lowest BCUT2D eigenvalue weighted by atomic mass is 10.1. The first-order valence-electron chi connectivity index (χ1n) is 9.08. The first-order valence-corrected chi connectivity index (χ1v) is 9.08. The van der Waals surface area contributed by atoms with Crippen LogP contribution in [-0.4, -0.2) is 29.9 Å². The number of ether oxygens (including phenoxy) is 3. The summed E-state index contributed by atoms with van der Waals surface area (Å²) in [5, 5.41) is 3.52. The predicted octanol–water partition coefficient (Wildman–Crippen LogP) is 3.64. The Kier molecular flexibility index (Phi) is 6.61. The number of nitrogens with one attached hydrogen (secondary N) is 1. The van der Waals surface area contributed by atoms with E-state index in [4.69, 9.17) is 14.2 Å². The summed E-state index contributed by atoms with van der Waals surface area (Å²) in [7, 11) is 3.55. The molecule has 0 saturated carbocycles. The van der Waals surface area contributed by atoms with Gasteiger partial charge in [0, 0.05) is 26.0 Å². The molecule has 4 rings (SSSR count). The van der Waals surface area contributed by atoms with Gasteiger partial charge in [0.25, 0.3) is 0 Å². The molecular weight excluding hydrogens is 397 g/mol. The van der Waals surface area contributed by atoms with E-state index in [0.717, 1.165) is 17.0 Å². The molecule has 0 fully saturated rings. The highest BCUT2D eigenvalue weighted by molar-refractivity contribution is 5.85. The average molecular weight is 420 g/mol. The largest absolute Gasteiger partial charge is 0.493 e. The average Bonchev–Trinajstić information content (AvgIpc) is 3.14. The molecule has 1 aromatic heterocycles. The van der Waals surface area contributed by atoms with Gasteiger partial charge in [0.2, 0.25) is 5.75 Å². The van der Waals surface area contributed by atoms with Gasteiger partial charge in [-0.15, -0.1) is 12.4 Å². The zero-order chi connectivity index (χ0) is 19.5. The number of rotatable bonds is 6. The molecule has 1 aliphatic rings. The van der Waals surface area contributed by atoms with E-state index in [1.165, 1.54) is 12.1 Å². The summed E-state index contributed by atoms with van der Waals surface area (Å²) >= 11 is 0. The second-order valence-electron chi connectivity index (χ2n) is 6.58. The van der Waals surface area contributed by atoms with Crippen molar-refractivity contribution in [3.05, 3.63) is 71.6 Å². The number of aryl methyl sites for hydroxylation is 1. The van der Waals surface area contributed by atoms with E-state index < -0.39 is 0 Å². The highest BCUT2D eigenvalue weighted by Crippen LogP contribution is 2.40. The fourth-order valence-corrected chi connectivity index (χ4v) is 3.32. The van der Waals surface area contributed by atoms with E-state index in [-0.39, 0.29) is 24.3 Å². The van der Waals surface area contributed by atoms with Crippen LogP contribution >= 0.6 is 12.4 Å². The number of halogens is 2. The number of hydrogen-bond acceptors (Lipinski definition) is 5. The summed E-state index contributed by atoms with van der Waals surface area (Å²) in [6.07, 6.45) is 3.64. The van der Waals surface area contributed by atoms with Crippen LogP contribution in [0.5, 0.6) is 17.2 Å². The van der Waals surface area contributed by atoms with E-state index in [9.17, 15) is 4.39 Å². The van der Waals surface area contributed by atoms with Crippen molar-refractivity contribution in [2.24, 2.45) is 7.05 Å². The van der Waals surface area contributed by atoms with Crippen LogP contribution in [0.2, 0.25) is 0 Å². The fourth-order valence-electron chi connectivity index (χ4n) is 3.32. The first-order chi connectivity index (χ1) is 13.7. The zero-order valence-corrected chi connectivity index (χ0v) is 17.0. The number of benzene rings is 2. The Hall–Kier alpha value is -2.77. The molecule has 1 N–H and O–H groups in total. The summed E-state index contributed by atoms with van der Waals surface area (Å²) in [6.45, 7) is 1.56. The Morgan fingerprint density at radius 1 is 1.21 bits per heavy atom. The molecule has 1 aliphatic heterocycles. The molecule has 1 unspecified atom stereocenters. The van der Waals surface area contributed by atoms with E-state index in [1.54, 1.807) is 25.4 Å². The van der Waals surface area contributed by atoms with Gasteiger partial charge in [0.15, 0.2) is 11.5 Å². The Labute approximate surface area is 175 Å². The van der Waals surface area contributed by atoms with Gasteiger partial charge in [0.1, 0.15) is 24.9 Å². The van der Waals surface area contributed by atoms with Gasteiger partial charge in [-0.3, -0.25) is 5.32 Å². The lowest BCUT2D eigenvalue weighted by Gasteiger charge is -2.23. The number of hydrogen-bond donors (Lipinski definition) is 1. The molecule has 154 valence electrons.